The van der Waals surface area contributed by atoms with Crippen molar-refractivity contribution in [1.82, 2.24) is 5.32 Å². The Morgan fingerprint density at radius 2 is 1.86 bits per heavy atom. The molecule has 0 radical (unpaired) electrons. The monoisotopic (exact) mass is 394 g/mol. The van der Waals surface area contributed by atoms with E-state index in [2.05, 4.69) is 10.6 Å². The van der Waals surface area contributed by atoms with Crippen molar-refractivity contribution in [1.29, 1.82) is 0 Å². The molecule has 0 saturated carbocycles. The molecule has 0 aromatic heterocycles. The predicted octanol–water partition coefficient (Wildman–Crippen LogP) is 4.57. The quantitative estimate of drug-likeness (QED) is 0.802. The number of halogens is 2. The second kappa shape index (κ2) is 7.62. The zero-order chi connectivity index (χ0) is 20.5. The molecule has 1 amide bonds. The van der Waals surface area contributed by atoms with Gasteiger partial charge in [-0.25, -0.2) is 8.78 Å². The molecule has 29 heavy (non-hydrogen) atoms. The second-order valence-electron chi connectivity index (χ2n) is 7.25. The van der Waals surface area contributed by atoms with E-state index in [9.17, 15) is 18.4 Å². The van der Waals surface area contributed by atoms with E-state index < -0.39 is 23.5 Å². The maximum absolute atomic E-state index is 14.1. The van der Waals surface area contributed by atoms with Crippen molar-refractivity contribution in [2.75, 3.05) is 5.32 Å². The van der Waals surface area contributed by atoms with Gasteiger partial charge in [-0.1, -0.05) is 30.3 Å². The minimum absolute atomic E-state index is 0.0124. The van der Waals surface area contributed by atoms with Gasteiger partial charge in [-0.15, -0.1) is 0 Å². The van der Waals surface area contributed by atoms with Crippen molar-refractivity contribution in [3.05, 3.63) is 88.3 Å². The number of rotatable bonds is 3. The maximum Gasteiger partial charge on any atom is 0.254 e. The highest BCUT2D eigenvalue weighted by Gasteiger charge is 2.38. The summed E-state index contributed by atoms with van der Waals surface area (Å²) in [5, 5.41) is 5.75. The molecule has 2 aliphatic rings. The van der Waals surface area contributed by atoms with E-state index in [-0.39, 0.29) is 11.5 Å². The van der Waals surface area contributed by atoms with Crippen LogP contribution in [0, 0.1) is 11.6 Å². The highest BCUT2D eigenvalue weighted by molar-refractivity contribution is 6.09. The molecule has 1 heterocycles. The van der Waals surface area contributed by atoms with Gasteiger partial charge in [0.05, 0.1) is 5.69 Å². The Morgan fingerprint density at radius 3 is 2.59 bits per heavy atom. The third-order valence-electron chi connectivity index (χ3n) is 5.33. The summed E-state index contributed by atoms with van der Waals surface area (Å²) in [6.07, 6.45) is 1.94. The molecule has 0 fully saturated rings. The van der Waals surface area contributed by atoms with E-state index in [4.69, 9.17) is 0 Å². The van der Waals surface area contributed by atoms with E-state index in [1.54, 1.807) is 6.92 Å². The van der Waals surface area contributed by atoms with E-state index in [0.29, 0.717) is 23.3 Å². The van der Waals surface area contributed by atoms with Crippen LogP contribution >= 0.6 is 0 Å². The molecule has 0 unspecified atom stereocenters. The summed E-state index contributed by atoms with van der Waals surface area (Å²) in [7, 11) is 0. The van der Waals surface area contributed by atoms with Crippen LogP contribution in [0.1, 0.15) is 37.7 Å². The van der Waals surface area contributed by atoms with E-state index >= 15 is 0 Å². The zero-order valence-electron chi connectivity index (χ0n) is 15.9. The van der Waals surface area contributed by atoms with Crippen molar-refractivity contribution in [2.24, 2.45) is 0 Å². The van der Waals surface area contributed by atoms with E-state index in [1.165, 1.54) is 6.07 Å². The Labute approximate surface area is 167 Å². The number of carbonyl (C=O) groups is 2. The summed E-state index contributed by atoms with van der Waals surface area (Å²) >= 11 is 0. The van der Waals surface area contributed by atoms with Gasteiger partial charge >= 0.3 is 0 Å². The Bertz CT molecular complexity index is 1060. The lowest BCUT2D eigenvalue weighted by Gasteiger charge is -2.34. The number of ketones is 1. The van der Waals surface area contributed by atoms with Crippen molar-refractivity contribution in [3.63, 3.8) is 0 Å². The average molecular weight is 394 g/mol. The fraction of sp³-hybridized carbons (Fsp3) is 0.217. The lowest BCUT2D eigenvalue weighted by atomic mass is 9.75. The number of hydrogen-bond donors (Lipinski definition) is 2. The molecule has 2 N–H and O–H groups in total. The molecule has 148 valence electrons. The third-order valence-corrected chi connectivity index (χ3v) is 5.33. The summed E-state index contributed by atoms with van der Waals surface area (Å²) < 4.78 is 27.3. The Balaban J connectivity index is 1.77. The van der Waals surface area contributed by atoms with Crippen LogP contribution < -0.4 is 10.6 Å². The molecule has 4 nitrogen and oxygen atoms in total. The van der Waals surface area contributed by atoms with E-state index in [1.807, 2.05) is 30.3 Å². The fourth-order valence-corrected chi connectivity index (χ4v) is 4.04. The molecule has 1 aliphatic heterocycles. The number of anilines is 1. The molecular formula is C23H20F2N2O2. The van der Waals surface area contributed by atoms with Crippen LogP contribution in [0.15, 0.2) is 71.1 Å². The molecule has 2 aromatic carbocycles. The van der Waals surface area contributed by atoms with Gasteiger partial charge in [0.15, 0.2) is 5.78 Å². The van der Waals surface area contributed by atoms with Gasteiger partial charge in [-0.3, -0.25) is 9.59 Å². The first kappa shape index (κ1) is 19.1. The average Bonchev–Trinajstić information content (AvgIpc) is 2.70. The van der Waals surface area contributed by atoms with Crippen LogP contribution in [0.3, 0.4) is 0 Å². The van der Waals surface area contributed by atoms with Crippen LogP contribution in [-0.2, 0) is 9.59 Å². The van der Waals surface area contributed by atoms with Gasteiger partial charge in [0.1, 0.15) is 11.6 Å². The molecule has 4 rings (SSSR count). The van der Waals surface area contributed by atoms with Crippen molar-refractivity contribution < 1.29 is 18.4 Å². The van der Waals surface area contributed by atoms with Crippen molar-refractivity contribution in [2.45, 2.75) is 32.1 Å². The minimum atomic E-state index is -0.856. The summed E-state index contributed by atoms with van der Waals surface area (Å²) in [5.74, 6) is -2.63. The van der Waals surface area contributed by atoms with Gasteiger partial charge < -0.3 is 10.6 Å². The first-order valence-electron chi connectivity index (χ1n) is 9.51. The maximum atomic E-state index is 14.1. The highest BCUT2D eigenvalue weighted by atomic mass is 19.1. The second-order valence-corrected chi connectivity index (χ2v) is 7.25. The van der Waals surface area contributed by atoms with Gasteiger partial charge in [0.2, 0.25) is 0 Å². The Hall–Kier alpha value is -3.28. The Kier molecular flexibility index (Phi) is 5.01. The number of Topliss-reactive ketones (excluding diaryl/α,β-unsaturated/α-hetero) is 1. The van der Waals surface area contributed by atoms with Gasteiger partial charge in [-0.05, 0) is 37.5 Å². The molecule has 1 atom stereocenters. The SMILES string of the molecule is CC1=C(C(=O)Nc2ccc(F)cc2F)[C@H](c2ccccc2)C2=C(CCCC2=O)N1. The lowest BCUT2D eigenvalue weighted by molar-refractivity contribution is -0.116. The number of nitrogens with one attached hydrogen (secondary N) is 2. The normalized spacial score (nSPS) is 19.0. The first-order chi connectivity index (χ1) is 14.0. The topological polar surface area (TPSA) is 58.2 Å². The molecule has 0 saturated heterocycles. The minimum Gasteiger partial charge on any atom is -0.362 e. The summed E-state index contributed by atoms with van der Waals surface area (Å²) in [5.41, 5.74) is 3.12. The third kappa shape index (κ3) is 3.58. The van der Waals surface area contributed by atoms with Gasteiger partial charge in [0, 0.05) is 40.9 Å². The van der Waals surface area contributed by atoms with Crippen molar-refractivity contribution >= 4 is 17.4 Å². The molecular weight excluding hydrogens is 374 g/mol. The summed E-state index contributed by atoms with van der Waals surface area (Å²) in [4.78, 5) is 26.0. The number of amides is 1. The van der Waals surface area contributed by atoms with Gasteiger partial charge in [-0.2, -0.15) is 0 Å². The largest absolute Gasteiger partial charge is 0.362 e. The van der Waals surface area contributed by atoms with Crippen LogP contribution in [0.5, 0.6) is 0 Å². The highest BCUT2D eigenvalue weighted by Crippen LogP contribution is 2.42. The molecule has 0 bridgehead atoms. The number of benzene rings is 2. The summed E-state index contributed by atoms with van der Waals surface area (Å²) in [6, 6.07) is 12.3. The van der Waals surface area contributed by atoms with E-state index in [0.717, 1.165) is 36.2 Å². The number of hydrogen-bond acceptors (Lipinski definition) is 3. The fourth-order valence-electron chi connectivity index (χ4n) is 4.04. The lowest BCUT2D eigenvalue weighted by Crippen LogP contribution is -2.35. The van der Waals surface area contributed by atoms with Crippen LogP contribution in [0.4, 0.5) is 14.5 Å². The first-order valence-corrected chi connectivity index (χ1v) is 9.51. The van der Waals surface area contributed by atoms with Crippen molar-refractivity contribution in [3.8, 4) is 0 Å². The van der Waals surface area contributed by atoms with Crippen LogP contribution in [-0.4, -0.2) is 11.7 Å². The van der Waals surface area contributed by atoms with Crippen LogP contribution in [0.2, 0.25) is 0 Å². The molecule has 1 aliphatic carbocycles. The zero-order valence-corrected chi connectivity index (χ0v) is 15.9. The number of dihydropyridines is 1. The molecule has 0 spiro atoms. The predicted molar refractivity (Wildman–Crippen MR) is 106 cm³/mol. The number of allylic oxidation sites excluding steroid dienone is 3. The molecule has 6 heteroatoms. The standard InChI is InChI=1S/C23H20F2N2O2/c1-13-20(23(29)27-17-11-10-15(24)12-16(17)25)21(14-6-3-2-4-7-14)22-18(26-13)8-5-9-19(22)28/h2-4,6-7,10-12,21,26H,5,8-9H2,1H3,(H,27,29)/t21-/m0/s1. The molecule has 2 aromatic rings. The van der Waals surface area contributed by atoms with Gasteiger partial charge in [0.25, 0.3) is 5.91 Å². The smallest absolute Gasteiger partial charge is 0.254 e. The summed E-state index contributed by atoms with van der Waals surface area (Å²) in [6.45, 7) is 1.77. The Morgan fingerprint density at radius 1 is 1.10 bits per heavy atom. The number of carbonyl (C=O) groups excluding carboxylic acids is 2. The van der Waals surface area contributed by atoms with Crippen LogP contribution in [0.25, 0.3) is 0 Å².